The maximum absolute atomic E-state index is 4.40. The summed E-state index contributed by atoms with van der Waals surface area (Å²) in [7, 11) is 1.88. The highest BCUT2D eigenvalue weighted by atomic mass is 15.2. The fourth-order valence-electron chi connectivity index (χ4n) is 3.77. The molecule has 5 heteroatoms. The quantitative estimate of drug-likeness (QED) is 0.598. The van der Waals surface area contributed by atoms with E-state index in [4.69, 9.17) is 0 Å². The lowest BCUT2D eigenvalue weighted by molar-refractivity contribution is 0.167. The van der Waals surface area contributed by atoms with Gasteiger partial charge >= 0.3 is 0 Å². The molecule has 2 aliphatic rings. The van der Waals surface area contributed by atoms with Crippen LogP contribution in [0.25, 0.3) is 0 Å². The first-order chi connectivity index (χ1) is 11.1. The molecule has 5 nitrogen and oxygen atoms in total. The van der Waals surface area contributed by atoms with Crippen molar-refractivity contribution in [3.63, 3.8) is 0 Å². The van der Waals surface area contributed by atoms with Crippen LogP contribution in [-0.2, 0) is 0 Å². The van der Waals surface area contributed by atoms with E-state index in [2.05, 4.69) is 46.2 Å². The second kappa shape index (κ2) is 9.48. The van der Waals surface area contributed by atoms with E-state index in [1.807, 2.05) is 7.05 Å². The SMILES string of the molecule is CN=C(NCCN1CCCC(C)C1)NC1CCN(C(C)C)CC1. The Morgan fingerprint density at radius 2 is 1.91 bits per heavy atom. The molecule has 0 bridgehead atoms. The van der Waals surface area contributed by atoms with Crippen molar-refractivity contribution in [1.82, 2.24) is 20.4 Å². The van der Waals surface area contributed by atoms with Gasteiger partial charge in [-0.25, -0.2) is 0 Å². The van der Waals surface area contributed by atoms with Gasteiger partial charge in [-0.2, -0.15) is 0 Å². The van der Waals surface area contributed by atoms with Crippen LogP contribution in [0.4, 0.5) is 0 Å². The monoisotopic (exact) mass is 323 g/mol. The van der Waals surface area contributed by atoms with Gasteiger partial charge in [0.05, 0.1) is 0 Å². The van der Waals surface area contributed by atoms with Crippen molar-refractivity contribution in [3.05, 3.63) is 0 Å². The molecule has 0 amide bonds. The summed E-state index contributed by atoms with van der Waals surface area (Å²) >= 11 is 0. The number of hydrogen-bond acceptors (Lipinski definition) is 3. The first kappa shape index (κ1) is 18.5. The van der Waals surface area contributed by atoms with E-state index < -0.39 is 0 Å². The Morgan fingerprint density at radius 1 is 1.17 bits per heavy atom. The highest BCUT2D eigenvalue weighted by Crippen LogP contribution is 2.14. The van der Waals surface area contributed by atoms with Crippen LogP contribution in [0.1, 0.15) is 46.5 Å². The van der Waals surface area contributed by atoms with E-state index in [0.29, 0.717) is 12.1 Å². The molecule has 0 aromatic heterocycles. The molecule has 0 aromatic rings. The number of hydrogen-bond donors (Lipinski definition) is 2. The largest absolute Gasteiger partial charge is 0.355 e. The summed E-state index contributed by atoms with van der Waals surface area (Å²) in [5.74, 6) is 1.82. The Bertz CT molecular complexity index is 360. The number of rotatable bonds is 5. The van der Waals surface area contributed by atoms with Crippen molar-refractivity contribution < 1.29 is 0 Å². The van der Waals surface area contributed by atoms with Gasteiger partial charge in [-0.3, -0.25) is 4.99 Å². The van der Waals surface area contributed by atoms with Gasteiger partial charge < -0.3 is 20.4 Å². The number of guanidine groups is 1. The smallest absolute Gasteiger partial charge is 0.191 e. The number of likely N-dealkylation sites (tertiary alicyclic amines) is 2. The summed E-state index contributed by atoms with van der Waals surface area (Å²) in [6.45, 7) is 13.9. The van der Waals surface area contributed by atoms with Crippen molar-refractivity contribution in [2.24, 2.45) is 10.9 Å². The molecule has 2 N–H and O–H groups in total. The molecule has 0 saturated carbocycles. The number of nitrogens with one attached hydrogen (secondary N) is 2. The maximum atomic E-state index is 4.40. The van der Waals surface area contributed by atoms with Crippen LogP contribution in [0, 0.1) is 5.92 Å². The van der Waals surface area contributed by atoms with E-state index in [1.165, 1.54) is 51.9 Å². The minimum Gasteiger partial charge on any atom is -0.355 e. The number of nitrogens with zero attached hydrogens (tertiary/aromatic N) is 3. The van der Waals surface area contributed by atoms with E-state index in [-0.39, 0.29) is 0 Å². The molecular formula is C18H37N5. The highest BCUT2D eigenvalue weighted by molar-refractivity contribution is 5.79. The molecule has 2 saturated heterocycles. The average Bonchev–Trinajstić information content (AvgIpc) is 2.54. The molecule has 0 aromatic carbocycles. The summed E-state index contributed by atoms with van der Waals surface area (Å²) in [5.41, 5.74) is 0. The zero-order valence-corrected chi connectivity index (χ0v) is 15.6. The fraction of sp³-hybridized carbons (Fsp3) is 0.944. The van der Waals surface area contributed by atoms with Gasteiger partial charge in [0.15, 0.2) is 5.96 Å². The zero-order valence-electron chi connectivity index (χ0n) is 15.6. The number of piperidine rings is 2. The van der Waals surface area contributed by atoms with Crippen molar-refractivity contribution in [1.29, 1.82) is 0 Å². The molecule has 1 unspecified atom stereocenters. The maximum Gasteiger partial charge on any atom is 0.191 e. The van der Waals surface area contributed by atoms with Crippen LogP contribution >= 0.6 is 0 Å². The molecule has 2 fully saturated rings. The number of aliphatic imine (C=N–C) groups is 1. The van der Waals surface area contributed by atoms with Gasteiger partial charge in [0, 0.05) is 51.9 Å². The third kappa shape index (κ3) is 6.30. The van der Waals surface area contributed by atoms with Gasteiger partial charge in [-0.15, -0.1) is 0 Å². The Labute approximate surface area is 142 Å². The second-order valence-corrected chi connectivity index (χ2v) is 7.60. The average molecular weight is 324 g/mol. The molecule has 1 atom stereocenters. The van der Waals surface area contributed by atoms with Crippen LogP contribution in [0.5, 0.6) is 0 Å². The van der Waals surface area contributed by atoms with Crippen LogP contribution in [0.2, 0.25) is 0 Å². The predicted octanol–water partition coefficient (Wildman–Crippen LogP) is 1.76. The molecule has 2 rings (SSSR count). The highest BCUT2D eigenvalue weighted by Gasteiger charge is 2.21. The molecule has 0 radical (unpaired) electrons. The first-order valence-corrected chi connectivity index (χ1v) is 9.52. The van der Waals surface area contributed by atoms with Crippen LogP contribution in [0.15, 0.2) is 4.99 Å². The minimum absolute atomic E-state index is 0.561. The zero-order chi connectivity index (χ0) is 16.7. The van der Waals surface area contributed by atoms with Crippen LogP contribution in [-0.4, -0.2) is 74.2 Å². The lowest BCUT2D eigenvalue weighted by Crippen LogP contribution is -2.51. The molecule has 0 spiro atoms. The normalized spacial score (nSPS) is 25.8. The first-order valence-electron chi connectivity index (χ1n) is 9.52. The van der Waals surface area contributed by atoms with Crippen molar-refractivity contribution >= 4 is 5.96 Å². The van der Waals surface area contributed by atoms with Crippen molar-refractivity contribution in [3.8, 4) is 0 Å². The summed E-state index contributed by atoms with van der Waals surface area (Å²) in [4.78, 5) is 9.54. The van der Waals surface area contributed by atoms with Gasteiger partial charge in [0.1, 0.15) is 0 Å². The summed E-state index contributed by atoms with van der Waals surface area (Å²) in [5, 5.41) is 7.10. The third-order valence-corrected chi connectivity index (χ3v) is 5.29. The Kier molecular flexibility index (Phi) is 7.63. The molecular weight excluding hydrogens is 286 g/mol. The molecule has 134 valence electrons. The molecule has 2 heterocycles. The third-order valence-electron chi connectivity index (χ3n) is 5.29. The second-order valence-electron chi connectivity index (χ2n) is 7.60. The van der Waals surface area contributed by atoms with Crippen LogP contribution in [0.3, 0.4) is 0 Å². The van der Waals surface area contributed by atoms with Crippen molar-refractivity contribution in [2.75, 3.05) is 46.3 Å². The summed E-state index contributed by atoms with van der Waals surface area (Å²) in [6.07, 6.45) is 5.16. The van der Waals surface area contributed by atoms with Gasteiger partial charge in [-0.1, -0.05) is 6.92 Å². The summed E-state index contributed by atoms with van der Waals surface area (Å²) in [6, 6.07) is 1.23. The van der Waals surface area contributed by atoms with Gasteiger partial charge in [0.2, 0.25) is 0 Å². The minimum atomic E-state index is 0.561. The van der Waals surface area contributed by atoms with Crippen LogP contribution < -0.4 is 10.6 Å². The van der Waals surface area contributed by atoms with E-state index in [0.717, 1.165) is 25.0 Å². The Balaban J connectivity index is 1.64. The molecule has 23 heavy (non-hydrogen) atoms. The predicted molar refractivity (Wildman–Crippen MR) is 99.1 cm³/mol. The fourth-order valence-corrected chi connectivity index (χ4v) is 3.77. The van der Waals surface area contributed by atoms with Crippen molar-refractivity contribution in [2.45, 2.75) is 58.5 Å². The van der Waals surface area contributed by atoms with E-state index in [9.17, 15) is 0 Å². The topological polar surface area (TPSA) is 42.9 Å². The lowest BCUT2D eigenvalue weighted by atomic mass is 10.0. The van der Waals surface area contributed by atoms with Gasteiger partial charge in [0.25, 0.3) is 0 Å². The lowest BCUT2D eigenvalue weighted by Gasteiger charge is -2.35. The molecule has 2 aliphatic heterocycles. The molecule has 0 aliphatic carbocycles. The van der Waals surface area contributed by atoms with Gasteiger partial charge in [-0.05, 0) is 52.0 Å². The Hall–Kier alpha value is -0.810. The van der Waals surface area contributed by atoms with E-state index in [1.54, 1.807) is 0 Å². The Morgan fingerprint density at radius 3 is 2.52 bits per heavy atom. The standard InChI is InChI=1S/C18H37N5/c1-15(2)23-11-7-17(8-12-23)21-18(19-4)20-9-13-22-10-5-6-16(3)14-22/h15-17H,5-14H2,1-4H3,(H2,19,20,21). The van der Waals surface area contributed by atoms with E-state index >= 15 is 0 Å². The summed E-state index contributed by atoms with van der Waals surface area (Å²) < 4.78 is 0.